The number of ether oxygens (including phenoxy) is 2. The number of nitrogens with zero attached hydrogens (tertiary/aromatic N) is 4. The Kier molecular flexibility index (Phi) is 4.66. The summed E-state index contributed by atoms with van der Waals surface area (Å²) in [4.78, 5) is 4.57. The van der Waals surface area contributed by atoms with E-state index in [2.05, 4.69) is 14.6 Å². The highest BCUT2D eigenvalue weighted by molar-refractivity contribution is 5.81. The van der Waals surface area contributed by atoms with Crippen LogP contribution in [0, 0.1) is 0 Å². The molecule has 0 amide bonds. The molecule has 1 aromatic carbocycles. The SMILES string of the molecule is COc1ccc(-c2cnn(C)c2)c(-c2nccn2CC(C)OC)c1. The fraction of sp³-hybridized carbons (Fsp3) is 0.333. The minimum absolute atomic E-state index is 0.102. The van der Waals surface area contributed by atoms with Crippen LogP contribution in [0.3, 0.4) is 0 Å². The average Bonchev–Trinajstić information content (AvgIpc) is 3.23. The molecule has 3 rings (SSSR count). The summed E-state index contributed by atoms with van der Waals surface area (Å²) in [7, 11) is 5.30. The van der Waals surface area contributed by atoms with E-state index in [1.807, 2.05) is 57.0 Å². The zero-order valence-electron chi connectivity index (χ0n) is 14.4. The third kappa shape index (κ3) is 3.19. The third-order valence-corrected chi connectivity index (χ3v) is 4.06. The third-order valence-electron chi connectivity index (χ3n) is 4.06. The quantitative estimate of drug-likeness (QED) is 0.699. The lowest BCUT2D eigenvalue weighted by Gasteiger charge is -2.15. The second-order valence-corrected chi connectivity index (χ2v) is 5.76. The van der Waals surface area contributed by atoms with Crippen molar-refractivity contribution < 1.29 is 9.47 Å². The highest BCUT2D eigenvalue weighted by Gasteiger charge is 2.16. The van der Waals surface area contributed by atoms with Crippen molar-refractivity contribution in [2.75, 3.05) is 14.2 Å². The van der Waals surface area contributed by atoms with Crippen molar-refractivity contribution >= 4 is 0 Å². The molecule has 24 heavy (non-hydrogen) atoms. The molecular formula is C18H22N4O2. The highest BCUT2D eigenvalue weighted by atomic mass is 16.5. The minimum atomic E-state index is 0.102. The van der Waals surface area contributed by atoms with Gasteiger partial charge in [0.25, 0.3) is 0 Å². The first-order valence-corrected chi connectivity index (χ1v) is 7.83. The molecule has 2 aromatic heterocycles. The molecule has 0 aliphatic rings. The maximum Gasteiger partial charge on any atom is 0.140 e. The van der Waals surface area contributed by atoms with E-state index in [4.69, 9.17) is 9.47 Å². The minimum Gasteiger partial charge on any atom is -0.497 e. The molecule has 2 heterocycles. The van der Waals surface area contributed by atoms with Gasteiger partial charge in [-0.05, 0) is 30.7 Å². The molecular weight excluding hydrogens is 304 g/mol. The van der Waals surface area contributed by atoms with Crippen LogP contribution in [0.5, 0.6) is 5.75 Å². The summed E-state index contributed by atoms with van der Waals surface area (Å²) in [6.07, 6.45) is 7.74. The first-order valence-electron chi connectivity index (χ1n) is 7.83. The van der Waals surface area contributed by atoms with Gasteiger partial charge in [0.2, 0.25) is 0 Å². The van der Waals surface area contributed by atoms with Crippen molar-refractivity contribution in [1.29, 1.82) is 0 Å². The van der Waals surface area contributed by atoms with E-state index in [1.54, 1.807) is 18.9 Å². The molecule has 0 aliphatic carbocycles. The summed E-state index contributed by atoms with van der Waals surface area (Å²) < 4.78 is 14.7. The van der Waals surface area contributed by atoms with Gasteiger partial charge in [0.1, 0.15) is 11.6 Å². The van der Waals surface area contributed by atoms with Gasteiger partial charge >= 0.3 is 0 Å². The molecule has 6 nitrogen and oxygen atoms in total. The van der Waals surface area contributed by atoms with Gasteiger partial charge in [-0.15, -0.1) is 0 Å². The van der Waals surface area contributed by atoms with Crippen molar-refractivity contribution in [3.63, 3.8) is 0 Å². The van der Waals surface area contributed by atoms with Crippen LogP contribution in [0.2, 0.25) is 0 Å². The van der Waals surface area contributed by atoms with Crippen LogP contribution in [0.15, 0.2) is 43.0 Å². The van der Waals surface area contributed by atoms with E-state index in [0.717, 1.165) is 34.8 Å². The van der Waals surface area contributed by atoms with Crippen LogP contribution in [0.25, 0.3) is 22.5 Å². The second-order valence-electron chi connectivity index (χ2n) is 5.76. The van der Waals surface area contributed by atoms with E-state index in [0.29, 0.717) is 0 Å². The molecule has 0 bridgehead atoms. The Morgan fingerprint density at radius 3 is 2.71 bits per heavy atom. The summed E-state index contributed by atoms with van der Waals surface area (Å²) in [6.45, 7) is 2.77. The predicted octanol–water partition coefficient (Wildman–Crippen LogP) is 2.99. The number of aryl methyl sites for hydroxylation is 1. The standard InChI is InChI=1S/C18H22N4O2/c1-13(23-3)11-22-8-7-19-18(22)17-9-15(24-4)5-6-16(17)14-10-20-21(2)12-14/h5-10,12-13H,11H2,1-4H3. The van der Waals surface area contributed by atoms with E-state index in [1.165, 1.54) is 0 Å². The summed E-state index contributed by atoms with van der Waals surface area (Å²) in [5, 5.41) is 4.28. The molecule has 6 heteroatoms. The largest absolute Gasteiger partial charge is 0.497 e. The van der Waals surface area contributed by atoms with Gasteiger partial charge in [0.15, 0.2) is 0 Å². The molecule has 1 atom stereocenters. The van der Waals surface area contributed by atoms with Crippen LogP contribution in [0.4, 0.5) is 0 Å². The molecule has 0 radical (unpaired) electrons. The van der Waals surface area contributed by atoms with E-state index >= 15 is 0 Å². The van der Waals surface area contributed by atoms with E-state index in [-0.39, 0.29) is 6.10 Å². The zero-order chi connectivity index (χ0) is 17.1. The van der Waals surface area contributed by atoms with E-state index in [9.17, 15) is 0 Å². The summed E-state index contributed by atoms with van der Waals surface area (Å²) in [6, 6.07) is 6.01. The molecule has 0 N–H and O–H groups in total. The summed E-state index contributed by atoms with van der Waals surface area (Å²) in [5.74, 6) is 1.68. The molecule has 1 unspecified atom stereocenters. The lowest BCUT2D eigenvalue weighted by Crippen LogP contribution is -2.15. The monoisotopic (exact) mass is 326 g/mol. The molecule has 3 aromatic rings. The number of hydrogen-bond acceptors (Lipinski definition) is 4. The van der Waals surface area contributed by atoms with E-state index < -0.39 is 0 Å². The molecule has 0 saturated heterocycles. The van der Waals surface area contributed by atoms with Crippen molar-refractivity contribution in [1.82, 2.24) is 19.3 Å². The normalized spacial score (nSPS) is 12.3. The lowest BCUT2D eigenvalue weighted by molar-refractivity contribution is 0.103. The first-order chi connectivity index (χ1) is 11.6. The second kappa shape index (κ2) is 6.88. The fourth-order valence-corrected chi connectivity index (χ4v) is 2.70. The maximum absolute atomic E-state index is 5.41. The molecule has 0 saturated carbocycles. The van der Waals surface area contributed by atoms with Gasteiger partial charge < -0.3 is 14.0 Å². The predicted molar refractivity (Wildman–Crippen MR) is 92.9 cm³/mol. The van der Waals surface area contributed by atoms with Crippen LogP contribution < -0.4 is 4.74 Å². The van der Waals surface area contributed by atoms with Gasteiger partial charge in [0, 0.05) is 43.9 Å². The van der Waals surface area contributed by atoms with Crippen molar-refractivity contribution in [2.45, 2.75) is 19.6 Å². The molecule has 0 spiro atoms. The number of rotatable bonds is 6. The highest BCUT2D eigenvalue weighted by Crippen LogP contribution is 2.34. The van der Waals surface area contributed by atoms with Crippen molar-refractivity contribution in [3.05, 3.63) is 43.0 Å². The Morgan fingerprint density at radius 1 is 1.21 bits per heavy atom. The number of benzene rings is 1. The smallest absolute Gasteiger partial charge is 0.140 e. The van der Waals surface area contributed by atoms with Gasteiger partial charge in [-0.2, -0.15) is 5.10 Å². The van der Waals surface area contributed by atoms with Crippen LogP contribution >= 0.6 is 0 Å². The first kappa shape index (κ1) is 16.3. The summed E-state index contributed by atoms with van der Waals surface area (Å²) >= 11 is 0. The maximum atomic E-state index is 5.41. The number of methoxy groups -OCH3 is 2. The van der Waals surface area contributed by atoms with Crippen molar-refractivity contribution in [2.24, 2.45) is 7.05 Å². The number of imidazole rings is 1. The average molecular weight is 326 g/mol. The Morgan fingerprint density at radius 2 is 2.04 bits per heavy atom. The van der Waals surface area contributed by atoms with Crippen LogP contribution in [-0.4, -0.2) is 39.7 Å². The Labute approximate surface area is 141 Å². The summed E-state index contributed by atoms with van der Waals surface area (Å²) in [5.41, 5.74) is 3.13. The Balaban J connectivity index is 2.11. The van der Waals surface area contributed by atoms with Crippen molar-refractivity contribution in [3.8, 4) is 28.3 Å². The van der Waals surface area contributed by atoms with Gasteiger partial charge in [0.05, 0.1) is 26.0 Å². The zero-order valence-corrected chi connectivity index (χ0v) is 14.4. The molecule has 126 valence electrons. The fourth-order valence-electron chi connectivity index (χ4n) is 2.70. The van der Waals surface area contributed by atoms with Gasteiger partial charge in [-0.25, -0.2) is 4.98 Å². The number of aromatic nitrogens is 4. The van der Waals surface area contributed by atoms with Gasteiger partial charge in [-0.1, -0.05) is 0 Å². The van der Waals surface area contributed by atoms with Crippen LogP contribution in [0.1, 0.15) is 6.92 Å². The number of hydrogen-bond donors (Lipinski definition) is 0. The topological polar surface area (TPSA) is 54.1 Å². The Hall–Kier alpha value is -2.60. The lowest BCUT2D eigenvalue weighted by atomic mass is 10.0. The van der Waals surface area contributed by atoms with Gasteiger partial charge in [-0.3, -0.25) is 4.68 Å². The van der Waals surface area contributed by atoms with Crippen LogP contribution in [-0.2, 0) is 18.3 Å². The molecule has 0 aliphatic heterocycles. The Bertz CT molecular complexity index is 822. The molecule has 0 fully saturated rings.